The second-order valence-corrected chi connectivity index (χ2v) is 6.11. The second kappa shape index (κ2) is 10.6. The molecule has 0 N–H and O–H groups in total. The molecule has 3 aromatic rings. The van der Waals surface area contributed by atoms with Gasteiger partial charge >= 0.3 is 0 Å². The fraction of sp³-hybridized carbons (Fsp3) is 0.182. The van der Waals surface area contributed by atoms with Crippen molar-refractivity contribution >= 4 is 11.6 Å². The van der Waals surface area contributed by atoms with Gasteiger partial charge in [0.1, 0.15) is 5.82 Å². The molecule has 24 heavy (non-hydrogen) atoms. The van der Waals surface area contributed by atoms with Crippen molar-refractivity contribution in [2.24, 2.45) is 0 Å². The van der Waals surface area contributed by atoms with Crippen LogP contribution >= 0.6 is 11.6 Å². The Bertz CT molecular complexity index is 609. The van der Waals surface area contributed by atoms with Crippen molar-refractivity contribution in [3.63, 3.8) is 0 Å². The van der Waals surface area contributed by atoms with E-state index in [0.29, 0.717) is 0 Å². The van der Waals surface area contributed by atoms with Crippen molar-refractivity contribution in [3.8, 4) is 0 Å². The predicted octanol–water partition coefficient (Wildman–Crippen LogP) is 7.09. The SMILES string of the molecule is Cc1ccc(Cl)cc1.Cc1ccc(F)cc1.Cc1ccccc1C. The zero-order valence-corrected chi connectivity index (χ0v) is 15.4. The lowest BCUT2D eigenvalue weighted by Gasteiger charge is -1.93. The van der Waals surface area contributed by atoms with Crippen molar-refractivity contribution < 1.29 is 4.39 Å². The smallest absolute Gasteiger partial charge is 0.123 e. The Hall–Kier alpha value is -2.12. The monoisotopic (exact) mass is 342 g/mol. The molecule has 2 heteroatoms. The van der Waals surface area contributed by atoms with E-state index in [2.05, 4.69) is 38.1 Å². The first-order valence-corrected chi connectivity index (χ1v) is 8.23. The molecule has 0 spiro atoms. The number of hydrogen-bond acceptors (Lipinski definition) is 0. The van der Waals surface area contributed by atoms with E-state index in [1.165, 1.54) is 28.8 Å². The summed E-state index contributed by atoms with van der Waals surface area (Å²) in [7, 11) is 0. The van der Waals surface area contributed by atoms with Crippen LogP contribution in [-0.2, 0) is 0 Å². The Balaban J connectivity index is 0.000000180. The first-order valence-electron chi connectivity index (χ1n) is 7.85. The zero-order valence-electron chi connectivity index (χ0n) is 14.7. The maximum atomic E-state index is 12.1. The van der Waals surface area contributed by atoms with Crippen LogP contribution in [0.4, 0.5) is 4.39 Å². The van der Waals surface area contributed by atoms with E-state index < -0.39 is 0 Å². The molecule has 0 nitrogen and oxygen atoms in total. The van der Waals surface area contributed by atoms with Gasteiger partial charge in [0.2, 0.25) is 0 Å². The third-order valence-electron chi connectivity index (χ3n) is 3.45. The molecule has 3 aromatic carbocycles. The first kappa shape index (κ1) is 19.9. The van der Waals surface area contributed by atoms with Gasteiger partial charge in [-0.15, -0.1) is 0 Å². The quantitative estimate of drug-likeness (QED) is 0.409. The Morgan fingerprint density at radius 1 is 0.583 bits per heavy atom. The second-order valence-electron chi connectivity index (χ2n) is 5.68. The van der Waals surface area contributed by atoms with E-state index >= 15 is 0 Å². The van der Waals surface area contributed by atoms with Crippen molar-refractivity contribution in [1.29, 1.82) is 0 Å². The summed E-state index contributed by atoms with van der Waals surface area (Å²) in [6.45, 7) is 8.21. The molecule has 0 aliphatic rings. The van der Waals surface area contributed by atoms with Crippen LogP contribution in [0.3, 0.4) is 0 Å². The average Bonchev–Trinajstić information content (AvgIpc) is 2.57. The topological polar surface area (TPSA) is 0 Å². The van der Waals surface area contributed by atoms with Crippen LogP contribution in [-0.4, -0.2) is 0 Å². The Labute approximate surface area is 149 Å². The fourth-order valence-corrected chi connectivity index (χ4v) is 1.86. The summed E-state index contributed by atoms with van der Waals surface area (Å²) >= 11 is 5.61. The van der Waals surface area contributed by atoms with Gasteiger partial charge in [0.05, 0.1) is 0 Å². The number of halogens is 2. The van der Waals surface area contributed by atoms with Gasteiger partial charge in [-0.05, 0) is 63.1 Å². The number of aryl methyl sites for hydroxylation is 4. The van der Waals surface area contributed by atoms with Crippen LogP contribution in [0.1, 0.15) is 22.3 Å². The van der Waals surface area contributed by atoms with Gasteiger partial charge in [0.25, 0.3) is 0 Å². The minimum absolute atomic E-state index is 0.171. The summed E-state index contributed by atoms with van der Waals surface area (Å²) in [6.07, 6.45) is 0. The summed E-state index contributed by atoms with van der Waals surface area (Å²) in [6, 6.07) is 22.5. The standard InChI is InChI=1S/C8H10.C7H7Cl.C7H7F/c1-7-5-3-4-6-8(7)2;2*1-6-2-4-7(8)5-3-6/h3-6H,1-2H3;2*2-5H,1H3. The van der Waals surface area contributed by atoms with E-state index in [0.717, 1.165) is 10.6 Å². The van der Waals surface area contributed by atoms with Crippen LogP contribution in [0.15, 0.2) is 72.8 Å². The molecule has 0 aliphatic heterocycles. The van der Waals surface area contributed by atoms with Crippen LogP contribution in [0.5, 0.6) is 0 Å². The molecule has 0 aromatic heterocycles. The summed E-state index contributed by atoms with van der Waals surface area (Å²) in [4.78, 5) is 0. The van der Waals surface area contributed by atoms with Crippen molar-refractivity contribution in [2.75, 3.05) is 0 Å². The molecule has 0 fully saturated rings. The van der Waals surface area contributed by atoms with Crippen LogP contribution in [0.25, 0.3) is 0 Å². The fourth-order valence-electron chi connectivity index (χ4n) is 1.73. The lowest BCUT2D eigenvalue weighted by Crippen LogP contribution is -1.74. The summed E-state index contributed by atoms with van der Waals surface area (Å²) < 4.78 is 12.1. The molecule has 0 bridgehead atoms. The van der Waals surface area contributed by atoms with Crippen LogP contribution in [0.2, 0.25) is 5.02 Å². The van der Waals surface area contributed by atoms with Gasteiger partial charge < -0.3 is 0 Å². The molecule has 0 radical (unpaired) electrons. The number of rotatable bonds is 0. The van der Waals surface area contributed by atoms with E-state index in [9.17, 15) is 4.39 Å². The Kier molecular flexibility index (Phi) is 8.81. The lowest BCUT2D eigenvalue weighted by molar-refractivity contribution is 0.627. The molecular formula is C22H24ClF. The van der Waals surface area contributed by atoms with Gasteiger partial charge in [0, 0.05) is 5.02 Å². The van der Waals surface area contributed by atoms with Crippen LogP contribution < -0.4 is 0 Å². The molecule has 0 heterocycles. The Morgan fingerprint density at radius 2 is 0.958 bits per heavy atom. The molecule has 0 saturated carbocycles. The highest BCUT2D eigenvalue weighted by atomic mass is 35.5. The first-order chi connectivity index (χ1) is 11.4. The highest BCUT2D eigenvalue weighted by Gasteiger charge is 1.84. The number of benzene rings is 3. The minimum atomic E-state index is -0.171. The largest absolute Gasteiger partial charge is 0.207 e. The maximum Gasteiger partial charge on any atom is 0.123 e. The third-order valence-corrected chi connectivity index (χ3v) is 3.70. The van der Waals surface area contributed by atoms with E-state index in [1.54, 1.807) is 12.1 Å². The minimum Gasteiger partial charge on any atom is -0.207 e. The lowest BCUT2D eigenvalue weighted by atomic mass is 10.1. The predicted molar refractivity (Wildman–Crippen MR) is 103 cm³/mol. The van der Waals surface area contributed by atoms with Crippen LogP contribution in [0, 0.1) is 33.5 Å². The van der Waals surface area contributed by atoms with Gasteiger partial charge in [-0.2, -0.15) is 0 Å². The van der Waals surface area contributed by atoms with Gasteiger partial charge in [-0.25, -0.2) is 4.39 Å². The molecule has 0 unspecified atom stereocenters. The Morgan fingerprint density at radius 3 is 1.25 bits per heavy atom. The average molecular weight is 343 g/mol. The highest BCUT2D eigenvalue weighted by Crippen LogP contribution is 2.07. The normalized spacial score (nSPS) is 9.25. The molecular weight excluding hydrogens is 319 g/mol. The molecule has 0 amide bonds. The van der Waals surface area contributed by atoms with Crippen molar-refractivity contribution in [3.05, 3.63) is 106 Å². The van der Waals surface area contributed by atoms with E-state index in [1.807, 2.05) is 38.1 Å². The molecule has 0 saturated heterocycles. The van der Waals surface area contributed by atoms with Crippen molar-refractivity contribution in [1.82, 2.24) is 0 Å². The number of hydrogen-bond donors (Lipinski definition) is 0. The van der Waals surface area contributed by atoms with Gasteiger partial charge in [-0.1, -0.05) is 71.3 Å². The highest BCUT2D eigenvalue weighted by molar-refractivity contribution is 6.30. The summed E-state index contributed by atoms with van der Waals surface area (Å²) in [5.74, 6) is -0.171. The van der Waals surface area contributed by atoms with Crippen molar-refractivity contribution in [2.45, 2.75) is 27.7 Å². The van der Waals surface area contributed by atoms with Gasteiger partial charge in [-0.3, -0.25) is 0 Å². The van der Waals surface area contributed by atoms with E-state index in [4.69, 9.17) is 11.6 Å². The third kappa shape index (κ3) is 8.50. The maximum absolute atomic E-state index is 12.1. The molecule has 0 aliphatic carbocycles. The summed E-state index contributed by atoms with van der Waals surface area (Å²) in [5, 5.41) is 0.801. The summed E-state index contributed by atoms with van der Waals surface area (Å²) in [5.41, 5.74) is 5.07. The van der Waals surface area contributed by atoms with Gasteiger partial charge in [0.15, 0.2) is 0 Å². The molecule has 3 rings (SSSR count). The molecule has 0 atom stereocenters. The van der Waals surface area contributed by atoms with E-state index in [-0.39, 0.29) is 5.82 Å². The molecule has 126 valence electrons. The zero-order chi connectivity index (χ0) is 17.9.